The number of amides is 1. The van der Waals surface area contributed by atoms with Gasteiger partial charge in [0.25, 0.3) is 5.91 Å². The first-order chi connectivity index (χ1) is 17.0. The molecule has 4 rings (SSSR count). The second kappa shape index (κ2) is 11.6. The van der Waals surface area contributed by atoms with E-state index in [0.717, 1.165) is 11.1 Å². The molecule has 0 fully saturated rings. The summed E-state index contributed by atoms with van der Waals surface area (Å²) >= 11 is 11.9. The highest BCUT2D eigenvalue weighted by atomic mass is 35.5. The highest BCUT2D eigenvalue weighted by molar-refractivity contribution is 6.35. The summed E-state index contributed by atoms with van der Waals surface area (Å²) in [5.41, 5.74) is 2.62. The Kier molecular flexibility index (Phi) is 8.03. The first-order valence-corrected chi connectivity index (χ1v) is 11.5. The Balaban J connectivity index is 1.38. The Morgan fingerprint density at radius 3 is 1.94 bits per heavy atom. The number of ether oxygens (including phenoxy) is 2. The monoisotopic (exact) mass is 505 g/mol. The van der Waals surface area contributed by atoms with Crippen molar-refractivity contribution in [1.29, 1.82) is 0 Å². The van der Waals surface area contributed by atoms with Gasteiger partial charge in [-0.1, -0.05) is 83.9 Å². The van der Waals surface area contributed by atoms with E-state index in [2.05, 4.69) is 5.32 Å². The van der Waals surface area contributed by atoms with Crippen LogP contribution >= 0.6 is 23.2 Å². The van der Waals surface area contributed by atoms with E-state index < -0.39 is 12.1 Å². The van der Waals surface area contributed by atoms with Crippen LogP contribution in [0.5, 0.6) is 5.75 Å². The molecule has 1 amide bonds. The summed E-state index contributed by atoms with van der Waals surface area (Å²) in [4.78, 5) is 25.1. The molecule has 0 aromatic heterocycles. The van der Waals surface area contributed by atoms with Crippen LogP contribution in [0, 0.1) is 0 Å². The largest absolute Gasteiger partial charge is 0.482 e. The van der Waals surface area contributed by atoms with E-state index >= 15 is 0 Å². The van der Waals surface area contributed by atoms with E-state index in [0.29, 0.717) is 27.0 Å². The molecule has 0 saturated heterocycles. The number of hydrogen-bond acceptors (Lipinski definition) is 4. The van der Waals surface area contributed by atoms with Gasteiger partial charge in [-0.2, -0.15) is 0 Å². The predicted octanol–water partition coefficient (Wildman–Crippen LogP) is 6.96. The molecule has 5 nitrogen and oxygen atoms in total. The zero-order valence-electron chi connectivity index (χ0n) is 18.5. The third kappa shape index (κ3) is 6.63. The summed E-state index contributed by atoms with van der Waals surface area (Å²) < 4.78 is 11.3. The minimum absolute atomic E-state index is 0.235. The molecule has 0 aliphatic carbocycles. The standard InChI is InChI=1S/C28H21Cl2NO4/c29-22-13-16-25(24(30)17-22)34-18-26(32)31-23-14-11-21(12-15-23)28(33)35-27(19-7-3-1-4-8-19)20-9-5-2-6-10-20/h1-17,27H,18H2,(H,31,32). The average molecular weight is 506 g/mol. The molecule has 0 aliphatic heterocycles. The average Bonchev–Trinajstić information content (AvgIpc) is 2.88. The van der Waals surface area contributed by atoms with Crippen LogP contribution < -0.4 is 10.1 Å². The number of anilines is 1. The lowest BCUT2D eigenvalue weighted by Crippen LogP contribution is -2.20. The van der Waals surface area contributed by atoms with Crippen LogP contribution in [0.15, 0.2) is 103 Å². The van der Waals surface area contributed by atoms with Gasteiger partial charge in [-0.25, -0.2) is 4.79 Å². The van der Waals surface area contributed by atoms with Crippen molar-refractivity contribution < 1.29 is 19.1 Å². The summed E-state index contributed by atoms with van der Waals surface area (Å²) in [7, 11) is 0. The van der Waals surface area contributed by atoms with Gasteiger partial charge in [-0.05, 0) is 53.6 Å². The van der Waals surface area contributed by atoms with E-state index in [1.165, 1.54) is 6.07 Å². The van der Waals surface area contributed by atoms with Crippen LogP contribution in [0.25, 0.3) is 0 Å². The lowest BCUT2D eigenvalue weighted by atomic mass is 10.0. The second-order valence-electron chi connectivity index (χ2n) is 7.60. The molecule has 0 spiro atoms. The third-order valence-electron chi connectivity index (χ3n) is 5.09. The van der Waals surface area contributed by atoms with Crippen molar-refractivity contribution in [3.05, 3.63) is 130 Å². The molecule has 0 bridgehead atoms. The fourth-order valence-corrected chi connectivity index (χ4v) is 3.84. The highest BCUT2D eigenvalue weighted by Crippen LogP contribution is 2.28. The number of nitrogens with one attached hydrogen (secondary N) is 1. The molecule has 1 N–H and O–H groups in total. The molecule has 0 radical (unpaired) electrons. The fourth-order valence-electron chi connectivity index (χ4n) is 3.38. The van der Waals surface area contributed by atoms with E-state index in [1.807, 2.05) is 60.7 Å². The van der Waals surface area contributed by atoms with Gasteiger partial charge in [0, 0.05) is 10.7 Å². The SMILES string of the molecule is O=C(COc1ccc(Cl)cc1Cl)Nc1ccc(C(=O)OC(c2ccccc2)c2ccccc2)cc1. The Morgan fingerprint density at radius 2 is 1.37 bits per heavy atom. The molecule has 4 aromatic carbocycles. The Morgan fingerprint density at radius 1 is 0.771 bits per heavy atom. The van der Waals surface area contributed by atoms with Gasteiger partial charge in [-0.3, -0.25) is 4.79 Å². The van der Waals surface area contributed by atoms with E-state index in [1.54, 1.807) is 36.4 Å². The van der Waals surface area contributed by atoms with Gasteiger partial charge in [0.15, 0.2) is 12.7 Å². The van der Waals surface area contributed by atoms with Gasteiger partial charge in [-0.15, -0.1) is 0 Å². The number of halogens is 2. The molecule has 35 heavy (non-hydrogen) atoms. The molecule has 0 unspecified atom stereocenters. The van der Waals surface area contributed by atoms with Crippen LogP contribution in [0.2, 0.25) is 10.0 Å². The van der Waals surface area contributed by atoms with Crippen molar-refractivity contribution in [3.8, 4) is 5.75 Å². The van der Waals surface area contributed by atoms with Crippen molar-refractivity contribution in [2.75, 3.05) is 11.9 Å². The van der Waals surface area contributed by atoms with Crippen LogP contribution in [0.4, 0.5) is 5.69 Å². The second-order valence-corrected chi connectivity index (χ2v) is 8.44. The molecular weight excluding hydrogens is 485 g/mol. The zero-order valence-corrected chi connectivity index (χ0v) is 20.0. The van der Waals surface area contributed by atoms with Gasteiger partial charge in [0.05, 0.1) is 10.6 Å². The topological polar surface area (TPSA) is 64.6 Å². The van der Waals surface area contributed by atoms with Crippen molar-refractivity contribution in [2.45, 2.75) is 6.10 Å². The molecule has 0 atom stereocenters. The maximum absolute atomic E-state index is 12.9. The van der Waals surface area contributed by atoms with Crippen LogP contribution in [-0.2, 0) is 9.53 Å². The number of benzene rings is 4. The smallest absolute Gasteiger partial charge is 0.339 e. The maximum atomic E-state index is 12.9. The summed E-state index contributed by atoms with van der Waals surface area (Å²) in [5.74, 6) is -0.489. The summed E-state index contributed by atoms with van der Waals surface area (Å²) in [5, 5.41) is 3.51. The number of carbonyl (C=O) groups excluding carboxylic acids is 2. The Bertz CT molecular complexity index is 1260. The van der Waals surface area contributed by atoms with Crippen molar-refractivity contribution in [3.63, 3.8) is 0 Å². The first-order valence-electron chi connectivity index (χ1n) is 10.8. The molecule has 4 aromatic rings. The number of hydrogen-bond donors (Lipinski definition) is 1. The fraction of sp³-hybridized carbons (Fsp3) is 0.0714. The summed E-state index contributed by atoms with van der Waals surface area (Å²) in [6.45, 7) is -0.235. The van der Waals surface area contributed by atoms with Gasteiger partial charge in [0.2, 0.25) is 0 Å². The highest BCUT2D eigenvalue weighted by Gasteiger charge is 2.20. The summed E-state index contributed by atoms with van der Waals surface area (Å²) in [6, 6.07) is 30.3. The van der Waals surface area contributed by atoms with Crippen LogP contribution in [0.1, 0.15) is 27.6 Å². The molecule has 176 valence electrons. The van der Waals surface area contributed by atoms with Crippen LogP contribution in [0.3, 0.4) is 0 Å². The minimum atomic E-state index is -0.541. The molecule has 0 heterocycles. The van der Waals surface area contributed by atoms with E-state index in [-0.39, 0.29) is 12.5 Å². The molecule has 0 aliphatic rings. The number of carbonyl (C=O) groups is 2. The van der Waals surface area contributed by atoms with Crippen molar-refractivity contribution in [1.82, 2.24) is 0 Å². The molecular formula is C28H21Cl2NO4. The third-order valence-corrected chi connectivity index (χ3v) is 5.62. The lowest BCUT2D eigenvalue weighted by molar-refractivity contribution is -0.118. The van der Waals surface area contributed by atoms with Crippen LogP contribution in [-0.4, -0.2) is 18.5 Å². The summed E-state index contributed by atoms with van der Waals surface area (Å²) in [6.07, 6.45) is -0.541. The van der Waals surface area contributed by atoms with Gasteiger partial charge >= 0.3 is 5.97 Å². The lowest BCUT2D eigenvalue weighted by Gasteiger charge is -2.19. The predicted molar refractivity (Wildman–Crippen MR) is 137 cm³/mol. The van der Waals surface area contributed by atoms with E-state index in [4.69, 9.17) is 32.7 Å². The zero-order chi connectivity index (χ0) is 24.6. The maximum Gasteiger partial charge on any atom is 0.339 e. The molecule has 7 heteroatoms. The normalized spacial score (nSPS) is 10.6. The number of rotatable bonds is 8. The van der Waals surface area contributed by atoms with Crippen molar-refractivity contribution >= 4 is 40.8 Å². The Hall–Kier alpha value is -3.80. The molecule has 0 saturated carbocycles. The number of esters is 1. The first kappa shape index (κ1) is 24.3. The quantitative estimate of drug-likeness (QED) is 0.263. The van der Waals surface area contributed by atoms with Crippen molar-refractivity contribution in [2.24, 2.45) is 0 Å². The minimum Gasteiger partial charge on any atom is -0.482 e. The van der Waals surface area contributed by atoms with Gasteiger partial charge in [0.1, 0.15) is 5.75 Å². The Labute approximate surface area is 213 Å². The van der Waals surface area contributed by atoms with Gasteiger partial charge < -0.3 is 14.8 Å². The van der Waals surface area contributed by atoms with E-state index in [9.17, 15) is 9.59 Å².